The molecular weight excluding hydrogens is 607 g/mol. The van der Waals surface area contributed by atoms with Crippen LogP contribution >= 0.6 is 0 Å². The summed E-state index contributed by atoms with van der Waals surface area (Å²) >= 11 is 0. The number of nitrogens with one attached hydrogen (secondary N) is 1. The van der Waals surface area contributed by atoms with Crippen molar-refractivity contribution in [3.05, 3.63) is 48.6 Å². The number of carbonyl (C=O) groups is 1. The second-order valence-corrected chi connectivity index (χ2v) is 14.7. The van der Waals surface area contributed by atoms with Crippen molar-refractivity contribution >= 4 is 16.0 Å². The Labute approximate surface area is 290 Å². The van der Waals surface area contributed by atoms with Gasteiger partial charge in [0.2, 0.25) is 5.91 Å². The van der Waals surface area contributed by atoms with Gasteiger partial charge in [-0.1, -0.05) is 159 Å². The number of aliphatic hydroxyl groups excluding tert-OH is 1. The van der Waals surface area contributed by atoms with Gasteiger partial charge >= 0.3 is 0 Å². The van der Waals surface area contributed by atoms with Crippen LogP contribution in [0.15, 0.2) is 48.6 Å². The Balaban J connectivity index is 4.02. The fraction of sp³-hybridized carbons (Fsp3) is 0.775. The van der Waals surface area contributed by atoms with Crippen LogP contribution in [0.2, 0.25) is 0 Å². The van der Waals surface area contributed by atoms with E-state index < -0.39 is 28.0 Å². The average molecular weight is 680 g/mol. The Morgan fingerprint density at radius 1 is 0.574 bits per heavy atom. The normalized spacial score (nSPS) is 13.9. The summed E-state index contributed by atoms with van der Waals surface area (Å²) in [6.45, 7) is 4.49. The zero-order valence-corrected chi connectivity index (χ0v) is 31.2. The number of rotatable bonds is 34. The first kappa shape index (κ1) is 45.3. The summed E-state index contributed by atoms with van der Waals surface area (Å²) in [7, 11) is -4.35. The van der Waals surface area contributed by atoms with Crippen LogP contribution in [0, 0.1) is 0 Å². The Kier molecular flexibility index (Phi) is 32.9. The Bertz CT molecular complexity index is 925. The molecule has 0 spiro atoms. The van der Waals surface area contributed by atoms with E-state index in [-0.39, 0.29) is 12.3 Å². The largest absolute Gasteiger partial charge is 0.387 e. The number of amides is 1. The van der Waals surface area contributed by atoms with Gasteiger partial charge in [0, 0.05) is 6.42 Å². The molecule has 0 aromatic rings. The molecule has 0 heterocycles. The summed E-state index contributed by atoms with van der Waals surface area (Å²) in [5, 5.41) is 13.2. The summed E-state index contributed by atoms with van der Waals surface area (Å²) in [6.07, 6.45) is 45.2. The lowest BCUT2D eigenvalue weighted by atomic mass is 10.1. The van der Waals surface area contributed by atoms with Gasteiger partial charge < -0.3 is 10.4 Å². The number of aliphatic hydroxyl groups is 1. The zero-order chi connectivity index (χ0) is 34.7. The molecule has 7 heteroatoms. The molecule has 0 fully saturated rings. The van der Waals surface area contributed by atoms with Gasteiger partial charge in [-0.25, -0.2) is 0 Å². The van der Waals surface area contributed by atoms with Crippen LogP contribution in [0.25, 0.3) is 0 Å². The third kappa shape index (κ3) is 35.4. The Hall–Kier alpha value is -1.70. The van der Waals surface area contributed by atoms with Crippen LogP contribution in [0.3, 0.4) is 0 Å². The number of hydrogen-bond acceptors (Lipinski definition) is 4. The summed E-state index contributed by atoms with van der Waals surface area (Å²) in [5.74, 6) is -1.01. The molecule has 0 aliphatic rings. The van der Waals surface area contributed by atoms with Gasteiger partial charge in [-0.2, -0.15) is 8.42 Å². The minimum Gasteiger partial charge on any atom is -0.387 e. The van der Waals surface area contributed by atoms with Gasteiger partial charge in [-0.05, 0) is 64.2 Å². The fourth-order valence-corrected chi connectivity index (χ4v) is 6.29. The van der Waals surface area contributed by atoms with Crippen molar-refractivity contribution < 1.29 is 22.9 Å². The highest BCUT2D eigenvalue weighted by Crippen LogP contribution is 2.12. The second-order valence-electron chi connectivity index (χ2n) is 13.2. The summed E-state index contributed by atoms with van der Waals surface area (Å²) < 4.78 is 32.4. The number of carbonyl (C=O) groups excluding carboxylic acids is 1. The topological polar surface area (TPSA) is 104 Å². The standard InChI is InChI=1S/C40H73NO5S/c1-3-5-7-9-11-13-15-17-19-20-21-22-24-26-28-30-32-34-36-40(43)41-38(37-47(44,45)46)39(42)35-33-31-29-27-25-23-18-16-14-12-10-8-6-4-2/h13,15,19-20,25,27,33,35,38-39,42H,3-12,14,16-18,21-24,26,28-32,34,36-37H2,1-2H3,(H,41,43)(H,44,45,46)/b15-13-,20-19-,27-25+,35-33+. The van der Waals surface area contributed by atoms with Gasteiger partial charge in [-0.3, -0.25) is 9.35 Å². The van der Waals surface area contributed by atoms with Gasteiger partial charge in [0.25, 0.3) is 10.1 Å². The van der Waals surface area contributed by atoms with E-state index in [2.05, 4.69) is 55.6 Å². The second kappa shape index (κ2) is 34.2. The molecule has 2 unspecified atom stereocenters. The molecule has 6 nitrogen and oxygen atoms in total. The highest BCUT2D eigenvalue weighted by molar-refractivity contribution is 7.85. The van der Waals surface area contributed by atoms with Crippen molar-refractivity contribution in [3.8, 4) is 0 Å². The SMILES string of the molecule is CCCCCC/C=C\C/C=C\CCCCCCCCCC(=O)NC(CS(=O)(=O)O)C(O)/C=C/CC/C=C/CCCCCCCCCC. The molecule has 274 valence electrons. The molecule has 0 aliphatic carbocycles. The van der Waals surface area contributed by atoms with Crippen LogP contribution in [0.5, 0.6) is 0 Å². The average Bonchev–Trinajstić information content (AvgIpc) is 3.03. The Morgan fingerprint density at radius 3 is 1.49 bits per heavy atom. The fourth-order valence-electron chi connectivity index (χ4n) is 5.55. The lowest BCUT2D eigenvalue weighted by Gasteiger charge is -2.21. The Morgan fingerprint density at radius 2 is 0.979 bits per heavy atom. The van der Waals surface area contributed by atoms with Crippen LogP contribution in [0.4, 0.5) is 0 Å². The predicted octanol–water partition coefficient (Wildman–Crippen LogP) is 11.1. The quantitative estimate of drug-likeness (QED) is 0.0357. The maximum atomic E-state index is 12.5. The van der Waals surface area contributed by atoms with Crippen molar-refractivity contribution in [1.82, 2.24) is 5.32 Å². The third-order valence-corrected chi connectivity index (χ3v) is 9.26. The van der Waals surface area contributed by atoms with Crippen molar-refractivity contribution in [2.75, 3.05) is 5.75 Å². The summed E-state index contributed by atoms with van der Waals surface area (Å²) in [5.41, 5.74) is 0. The highest BCUT2D eigenvalue weighted by Gasteiger charge is 2.24. The molecule has 0 saturated heterocycles. The molecule has 0 saturated carbocycles. The van der Waals surface area contributed by atoms with E-state index >= 15 is 0 Å². The summed E-state index contributed by atoms with van der Waals surface area (Å²) in [4.78, 5) is 12.5. The number of hydrogen-bond donors (Lipinski definition) is 3. The molecule has 0 aromatic carbocycles. The van der Waals surface area contributed by atoms with Gasteiger partial charge in [0.15, 0.2) is 0 Å². The maximum absolute atomic E-state index is 12.5. The van der Waals surface area contributed by atoms with E-state index in [0.717, 1.165) is 51.4 Å². The van der Waals surface area contributed by atoms with Gasteiger partial charge in [0.1, 0.15) is 0 Å². The van der Waals surface area contributed by atoms with Crippen LogP contribution in [-0.4, -0.2) is 41.9 Å². The monoisotopic (exact) mass is 680 g/mol. The number of allylic oxidation sites excluding steroid dienone is 7. The van der Waals surface area contributed by atoms with Crippen LogP contribution in [-0.2, 0) is 14.9 Å². The van der Waals surface area contributed by atoms with Gasteiger partial charge in [-0.15, -0.1) is 0 Å². The van der Waals surface area contributed by atoms with Crippen LogP contribution < -0.4 is 5.32 Å². The van der Waals surface area contributed by atoms with Crippen LogP contribution in [0.1, 0.15) is 181 Å². The van der Waals surface area contributed by atoms with Crippen molar-refractivity contribution in [2.24, 2.45) is 0 Å². The van der Waals surface area contributed by atoms with E-state index in [0.29, 0.717) is 6.42 Å². The van der Waals surface area contributed by atoms with E-state index in [1.165, 1.54) is 109 Å². The maximum Gasteiger partial charge on any atom is 0.267 e. The van der Waals surface area contributed by atoms with Gasteiger partial charge in [0.05, 0.1) is 17.9 Å². The molecule has 0 aliphatic heterocycles. The minimum atomic E-state index is -4.35. The minimum absolute atomic E-state index is 0.278. The summed E-state index contributed by atoms with van der Waals surface area (Å²) in [6, 6.07) is -1.08. The zero-order valence-electron chi connectivity index (χ0n) is 30.4. The molecule has 3 N–H and O–H groups in total. The molecule has 0 aromatic heterocycles. The first-order valence-electron chi connectivity index (χ1n) is 19.3. The molecule has 2 atom stereocenters. The van der Waals surface area contributed by atoms with E-state index in [9.17, 15) is 22.9 Å². The lowest BCUT2D eigenvalue weighted by molar-refractivity contribution is -0.122. The molecule has 47 heavy (non-hydrogen) atoms. The molecule has 0 radical (unpaired) electrons. The first-order chi connectivity index (χ1) is 22.8. The van der Waals surface area contributed by atoms with E-state index in [1.807, 2.05) is 0 Å². The first-order valence-corrected chi connectivity index (χ1v) is 20.9. The highest BCUT2D eigenvalue weighted by atomic mass is 32.2. The third-order valence-electron chi connectivity index (χ3n) is 8.48. The smallest absolute Gasteiger partial charge is 0.267 e. The van der Waals surface area contributed by atoms with Crippen molar-refractivity contribution in [2.45, 2.75) is 193 Å². The lowest BCUT2D eigenvalue weighted by Crippen LogP contribution is -2.46. The molecule has 1 amide bonds. The van der Waals surface area contributed by atoms with E-state index in [4.69, 9.17) is 0 Å². The van der Waals surface area contributed by atoms with Crippen molar-refractivity contribution in [3.63, 3.8) is 0 Å². The van der Waals surface area contributed by atoms with E-state index in [1.54, 1.807) is 6.08 Å². The molecule has 0 bridgehead atoms. The number of unbranched alkanes of at least 4 members (excludes halogenated alkanes) is 20. The molecular formula is C40H73NO5S. The predicted molar refractivity (Wildman–Crippen MR) is 202 cm³/mol. The van der Waals surface area contributed by atoms with Crippen molar-refractivity contribution in [1.29, 1.82) is 0 Å². The molecule has 0 rings (SSSR count).